The third-order valence-electron chi connectivity index (χ3n) is 4.63. The summed E-state index contributed by atoms with van der Waals surface area (Å²) < 4.78 is 66.1. The van der Waals surface area contributed by atoms with Gasteiger partial charge < -0.3 is 19.0 Å². The van der Waals surface area contributed by atoms with Gasteiger partial charge in [0.15, 0.2) is 0 Å². The number of methoxy groups -OCH3 is 2. The lowest BCUT2D eigenvalue weighted by atomic mass is 10.2. The summed E-state index contributed by atoms with van der Waals surface area (Å²) in [6, 6.07) is 5.17. The highest BCUT2D eigenvalue weighted by Gasteiger charge is 2.25. The van der Waals surface area contributed by atoms with E-state index >= 15 is 0 Å². The number of ether oxygens (including phenoxy) is 2. The van der Waals surface area contributed by atoms with Crippen LogP contribution in [0.15, 0.2) is 48.0 Å². The first-order chi connectivity index (χ1) is 15.3. The normalized spacial score (nSPS) is 11.8. The van der Waals surface area contributed by atoms with Crippen LogP contribution in [-0.2, 0) is 16.4 Å². The van der Waals surface area contributed by atoms with E-state index in [-0.39, 0.29) is 28.2 Å². The number of aromatic amines is 1. The summed E-state index contributed by atoms with van der Waals surface area (Å²) in [6.45, 7) is 0. The zero-order chi connectivity index (χ0) is 22.9. The van der Waals surface area contributed by atoms with Crippen molar-refractivity contribution in [3.8, 4) is 17.4 Å². The van der Waals surface area contributed by atoms with Crippen molar-refractivity contribution in [2.75, 3.05) is 18.9 Å². The molecule has 0 aliphatic carbocycles. The van der Waals surface area contributed by atoms with Crippen LogP contribution in [0.3, 0.4) is 0 Å². The van der Waals surface area contributed by atoms with Gasteiger partial charge in [-0.2, -0.15) is 9.97 Å². The summed E-state index contributed by atoms with van der Waals surface area (Å²) in [5.74, 6) is -0.802. The number of fused-ring (bicyclic) bond motifs is 1. The fourth-order valence-corrected chi connectivity index (χ4v) is 4.40. The first-order valence-electron chi connectivity index (χ1n) is 9.22. The van der Waals surface area contributed by atoms with Crippen LogP contribution in [0.5, 0.6) is 11.8 Å². The molecule has 0 bridgehead atoms. The zero-order valence-electron chi connectivity index (χ0n) is 16.9. The van der Waals surface area contributed by atoms with Gasteiger partial charge in [-0.3, -0.25) is 0 Å². The molecule has 0 saturated heterocycles. The monoisotopic (exact) mass is 464 g/mol. The van der Waals surface area contributed by atoms with Crippen LogP contribution in [0.4, 0.5) is 14.7 Å². The maximum absolute atomic E-state index is 13.1. The molecule has 168 valence electrons. The predicted molar refractivity (Wildman–Crippen MR) is 111 cm³/mol. The number of rotatable bonds is 8. The number of nitrogens with one attached hydrogen (secondary N) is 2. The minimum atomic E-state index is -4.16. The van der Waals surface area contributed by atoms with Gasteiger partial charge in [-0.15, -0.1) is 0 Å². The summed E-state index contributed by atoms with van der Waals surface area (Å²) in [4.78, 5) is 14.8. The number of imidazole rings is 1. The molecule has 4 aromatic rings. The van der Waals surface area contributed by atoms with Crippen molar-refractivity contribution in [2.45, 2.75) is 17.7 Å². The number of hydrogen-bond acceptors (Lipinski definition) is 7. The highest BCUT2D eigenvalue weighted by Crippen LogP contribution is 2.31. The molecule has 1 aromatic carbocycles. The Labute approximate surface area is 181 Å². The molecule has 0 radical (unpaired) electrons. The van der Waals surface area contributed by atoms with Crippen molar-refractivity contribution in [1.29, 1.82) is 0 Å². The molecular weight excluding hydrogens is 446 g/mol. The van der Waals surface area contributed by atoms with E-state index in [9.17, 15) is 17.2 Å². The highest BCUT2D eigenvalue weighted by atomic mass is 32.2. The number of sulfonamides is 1. The third-order valence-corrected chi connectivity index (χ3v) is 6.00. The van der Waals surface area contributed by atoms with E-state index < -0.39 is 22.9 Å². The van der Waals surface area contributed by atoms with Crippen LogP contribution in [0.25, 0.3) is 16.6 Å². The first kappa shape index (κ1) is 21.5. The fourth-order valence-electron chi connectivity index (χ4n) is 3.28. The zero-order valence-corrected chi connectivity index (χ0v) is 17.7. The van der Waals surface area contributed by atoms with Crippen LogP contribution in [0, 0.1) is 0 Å². The predicted octanol–water partition coefficient (Wildman–Crippen LogP) is 2.77. The first-order valence-corrected chi connectivity index (χ1v) is 10.7. The van der Waals surface area contributed by atoms with E-state index in [0.717, 1.165) is 0 Å². The van der Waals surface area contributed by atoms with Crippen molar-refractivity contribution in [1.82, 2.24) is 24.5 Å². The van der Waals surface area contributed by atoms with Gasteiger partial charge in [0.2, 0.25) is 24.1 Å². The van der Waals surface area contributed by atoms with E-state index in [4.69, 9.17) is 9.47 Å². The van der Waals surface area contributed by atoms with Crippen LogP contribution in [-0.4, -0.2) is 53.6 Å². The second-order valence-electron chi connectivity index (χ2n) is 6.57. The Morgan fingerprint density at radius 1 is 1.19 bits per heavy atom. The average Bonchev–Trinajstić information content (AvgIpc) is 3.44. The molecule has 3 heterocycles. The molecule has 0 fully saturated rings. The minimum Gasteiger partial charge on any atom is -0.481 e. The van der Waals surface area contributed by atoms with Gasteiger partial charge in [0, 0.05) is 30.4 Å². The standard InChI is InChI=1S/C19H18F2N6O4S/c1-30-17-12(8-15(20)21)18(31-2)25-19(24-17)26-32(28,29)14-9-23-16-11(14)4-3-5-13(16)27-7-6-22-10-27/h3-7,9-10,15,23H,8H2,1-2H3,(H,24,25,26). The van der Waals surface area contributed by atoms with Gasteiger partial charge in [0.05, 0.1) is 37.3 Å². The number of anilines is 1. The topological polar surface area (TPSA) is 124 Å². The second kappa shape index (κ2) is 8.42. The van der Waals surface area contributed by atoms with E-state index in [2.05, 4.69) is 24.7 Å². The lowest BCUT2D eigenvalue weighted by Crippen LogP contribution is -2.16. The summed E-state index contributed by atoms with van der Waals surface area (Å²) in [7, 11) is -1.70. The Morgan fingerprint density at radius 3 is 2.50 bits per heavy atom. The van der Waals surface area contributed by atoms with E-state index in [1.165, 1.54) is 20.4 Å². The molecule has 0 aliphatic heterocycles. The Morgan fingerprint density at radius 2 is 1.91 bits per heavy atom. The Kier molecular flexibility index (Phi) is 5.65. The van der Waals surface area contributed by atoms with Crippen LogP contribution in [0.2, 0.25) is 0 Å². The minimum absolute atomic E-state index is 0.0485. The number of alkyl halides is 2. The number of halogens is 2. The van der Waals surface area contributed by atoms with Crippen molar-refractivity contribution in [2.24, 2.45) is 0 Å². The van der Waals surface area contributed by atoms with E-state index in [1.807, 2.05) is 6.07 Å². The molecule has 0 amide bonds. The smallest absolute Gasteiger partial charge is 0.266 e. The molecule has 0 saturated carbocycles. The average molecular weight is 464 g/mol. The Hall–Kier alpha value is -3.74. The maximum atomic E-state index is 13.1. The quantitative estimate of drug-likeness (QED) is 0.411. The number of para-hydroxylation sites is 1. The Bertz CT molecular complexity index is 1330. The van der Waals surface area contributed by atoms with E-state index in [0.29, 0.717) is 16.6 Å². The molecule has 0 spiro atoms. The molecule has 13 heteroatoms. The fraction of sp³-hybridized carbons (Fsp3) is 0.211. The van der Waals surface area contributed by atoms with E-state index in [1.54, 1.807) is 35.4 Å². The molecule has 0 atom stereocenters. The van der Waals surface area contributed by atoms with Crippen LogP contribution in [0.1, 0.15) is 5.56 Å². The highest BCUT2D eigenvalue weighted by molar-refractivity contribution is 7.93. The Balaban J connectivity index is 1.74. The van der Waals surface area contributed by atoms with Gasteiger partial charge in [-0.25, -0.2) is 26.9 Å². The number of H-pyrrole nitrogens is 1. The molecule has 2 N–H and O–H groups in total. The number of hydrogen-bond donors (Lipinski definition) is 2. The number of nitrogens with zero attached hydrogens (tertiary/aromatic N) is 4. The molecule has 0 unspecified atom stereocenters. The largest absolute Gasteiger partial charge is 0.481 e. The van der Waals surface area contributed by atoms with Crippen LogP contribution < -0.4 is 14.2 Å². The number of aromatic nitrogens is 5. The molecule has 4 rings (SSSR count). The van der Waals surface area contributed by atoms with Crippen molar-refractivity contribution in [3.05, 3.63) is 48.7 Å². The summed E-state index contributed by atoms with van der Waals surface area (Å²) in [5, 5.41) is 0.428. The van der Waals surface area contributed by atoms with Gasteiger partial charge >= 0.3 is 0 Å². The molecule has 10 nitrogen and oxygen atoms in total. The summed E-state index contributed by atoms with van der Waals surface area (Å²) >= 11 is 0. The second-order valence-corrected chi connectivity index (χ2v) is 8.22. The maximum Gasteiger partial charge on any atom is 0.266 e. The van der Waals surface area contributed by atoms with Crippen molar-refractivity contribution in [3.63, 3.8) is 0 Å². The number of benzene rings is 1. The van der Waals surface area contributed by atoms with Crippen molar-refractivity contribution < 1.29 is 26.7 Å². The summed E-state index contributed by atoms with van der Waals surface area (Å²) in [5.41, 5.74) is 1.22. The molecular formula is C19H18F2N6O4S. The van der Waals surface area contributed by atoms with Crippen LogP contribution >= 0.6 is 0 Å². The third kappa shape index (κ3) is 3.93. The molecule has 32 heavy (non-hydrogen) atoms. The molecule has 0 aliphatic rings. The van der Waals surface area contributed by atoms with Crippen molar-refractivity contribution >= 4 is 26.9 Å². The van der Waals surface area contributed by atoms with Gasteiger partial charge in [-0.1, -0.05) is 12.1 Å². The molecule has 3 aromatic heterocycles. The lowest BCUT2D eigenvalue weighted by Gasteiger charge is -2.13. The SMILES string of the molecule is COc1nc(NS(=O)(=O)c2c[nH]c3c(-n4ccnc4)cccc23)nc(OC)c1CC(F)F. The van der Waals surface area contributed by atoms with Gasteiger partial charge in [-0.05, 0) is 6.07 Å². The van der Waals surface area contributed by atoms with Gasteiger partial charge in [0.25, 0.3) is 10.0 Å². The summed E-state index contributed by atoms with van der Waals surface area (Å²) in [6.07, 6.45) is 2.87. The van der Waals surface area contributed by atoms with Gasteiger partial charge in [0.1, 0.15) is 4.90 Å². The lowest BCUT2D eigenvalue weighted by molar-refractivity contribution is 0.146.